The van der Waals surface area contributed by atoms with Gasteiger partial charge in [0.25, 0.3) is 0 Å². The summed E-state index contributed by atoms with van der Waals surface area (Å²) in [5.41, 5.74) is 7.68. The number of imidazole rings is 2. The van der Waals surface area contributed by atoms with Crippen LogP contribution < -0.4 is 5.32 Å². The smallest absolute Gasteiger partial charge is 0.154 e. The SMILES string of the molecule is c1c[nH]c(-c2ncc(-c3ccc(-c4ccc(-c5cnc(C6CCCN6)[nH]5)cc4)cc3)[nH]2)c1. The molecule has 0 radical (unpaired) electrons. The van der Waals surface area contributed by atoms with Gasteiger partial charge in [-0.2, -0.15) is 0 Å². The summed E-state index contributed by atoms with van der Waals surface area (Å²) in [6, 6.07) is 21.5. The molecule has 158 valence electrons. The van der Waals surface area contributed by atoms with Gasteiger partial charge < -0.3 is 20.3 Å². The molecule has 0 amide bonds. The molecule has 6 rings (SSSR count). The largest absolute Gasteiger partial charge is 0.359 e. The summed E-state index contributed by atoms with van der Waals surface area (Å²) < 4.78 is 0. The molecular weight excluding hydrogens is 396 g/mol. The summed E-state index contributed by atoms with van der Waals surface area (Å²) in [6.07, 6.45) is 8.07. The molecule has 1 unspecified atom stereocenters. The summed E-state index contributed by atoms with van der Waals surface area (Å²) >= 11 is 0. The van der Waals surface area contributed by atoms with Crippen molar-refractivity contribution in [1.82, 2.24) is 30.2 Å². The molecule has 0 saturated carbocycles. The highest BCUT2D eigenvalue weighted by molar-refractivity contribution is 5.72. The average Bonchev–Trinajstić information content (AvgIpc) is 3.66. The lowest BCUT2D eigenvalue weighted by atomic mass is 10.0. The minimum absolute atomic E-state index is 0.357. The third kappa shape index (κ3) is 3.55. The van der Waals surface area contributed by atoms with Crippen LogP contribution in [0.1, 0.15) is 24.7 Å². The van der Waals surface area contributed by atoms with Crippen molar-refractivity contribution in [2.75, 3.05) is 6.54 Å². The van der Waals surface area contributed by atoms with Crippen molar-refractivity contribution in [3.05, 3.63) is 85.1 Å². The van der Waals surface area contributed by atoms with Crippen LogP contribution in [-0.2, 0) is 0 Å². The molecule has 1 saturated heterocycles. The Bertz CT molecular complexity index is 1300. The Labute approximate surface area is 186 Å². The van der Waals surface area contributed by atoms with Crippen LogP contribution in [0.15, 0.2) is 79.3 Å². The van der Waals surface area contributed by atoms with E-state index in [0.29, 0.717) is 6.04 Å². The van der Waals surface area contributed by atoms with Crippen LogP contribution >= 0.6 is 0 Å². The minimum Gasteiger partial charge on any atom is -0.359 e. The summed E-state index contributed by atoms with van der Waals surface area (Å²) in [4.78, 5) is 19.1. The van der Waals surface area contributed by atoms with E-state index in [0.717, 1.165) is 52.8 Å². The zero-order valence-corrected chi connectivity index (χ0v) is 17.6. The zero-order chi connectivity index (χ0) is 21.3. The first-order valence-electron chi connectivity index (χ1n) is 11.0. The summed E-state index contributed by atoms with van der Waals surface area (Å²) in [7, 11) is 0. The molecule has 1 aliphatic rings. The Balaban J connectivity index is 1.19. The Hall–Kier alpha value is -3.90. The number of aromatic amines is 3. The molecule has 4 heterocycles. The number of hydrogen-bond donors (Lipinski definition) is 4. The van der Waals surface area contributed by atoms with Gasteiger partial charge in [-0.05, 0) is 53.8 Å². The third-order valence-corrected chi connectivity index (χ3v) is 6.14. The summed E-state index contributed by atoms with van der Waals surface area (Å²) in [6.45, 7) is 1.07. The van der Waals surface area contributed by atoms with Crippen LogP contribution in [0.25, 0.3) is 45.2 Å². The van der Waals surface area contributed by atoms with Gasteiger partial charge in [0.05, 0.1) is 35.5 Å². The maximum Gasteiger partial charge on any atom is 0.154 e. The highest BCUT2D eigenvalue weighted by Gasteiger charge is 2.19. The Kier molecular flexibility index (Phi) is 4.70. The molecule has 6 heteroatoms. The fraction of sp³-hybridized carbons (Fsp3) is 0.154. The van der Waals surface area contributed by atoms with Gasteiger partial charge in [-0.25, -0.2) is 9.97 Å². The topological polar surface area (TPSA) is 85.2 Å². The van der Waals surface area contributed by atoms with Gasteiger partial charge in [-0.3, -0.25) is 0 Å². The molecule has 3 aromatic heterocycles. The van der Waals surface area contributed by atoms with Crippen LogP contribution in [-0.4, -0.2) is 31.5 Å². The Morgan fingerprint density at radius 2 is 1.34 bits per heavy atom. The van der Waals surface area contributed by atoms with Crippen molar-refractivity contribution >= 4 is 0 Å². The number of aromatic nitrogens is 5. The van der Waals surface area contributed by atoms with Gasteiger partial charge >= 0.3 is 0 Å². The number of benzene rings is 2. The monoisotopic (exact) mass is 420 g/mol. The molecule has 1 fully saturated rings. The van der Waals surface area contributed by atoms with E-state index in [2.05, 4.69) is 78.8 Å². The molecule has 1 atom stereocenters. The van der Waals surface area contributed by atoms with E-state index in [4.69, 9.17) is 0 Å². The number of hydrogen-bond acceptors (Lipinski definition) is 3. The summed E-state index contributed by atoms with van der Waals surface area (Å²) in [5, 5.41) is 3.49. The van der Waals surface area contributed by atoms with E-state index in [1.165, 1.54) is 17.5 Å². The van der Waals surface area contributed by atoms with Crippen LogP contribution in [0.5, 0.6) is 0 Å². The van der Waals surface area contributed by atoms with Gasteiger partial charge in [0.15, 0.2) is 5.82 Å². The number of rotatable bonds is 5. The van der Waals surface area contributed by atoms with Crippen molar-refractivity contribution in [2.24, 2.45) is 0 Å². The predicted octanol–water partition coefficient (Wildman–Crippen LogP) is 5.55. The molecule has 4 N–H and O–H groups in total. The second kappa shape index (κ2) is 7.98. The standard InChI is InChI=1S/C26H24N6/c1-3-21(27-13-1)25-29-15-23(31-25)19-9-5-17(6-10-19)18-7-11-20(12-8-18)24-16-30-26(32-24)22-4-2-14-28-22/h1,3,5-13,15-16,22,27-28H,2,4,14H2,(H,29,31)(H,30,32). The van der Waals surface area contributed by atoms with Crippen molar-refractivity contribution in [3.8, 4) is 45.2 Å². The highest BCUT2D eigenvalue weighted by atomic mass is 15.0. The highest BCUT2D eigenvalue weighted by Crippen LogP contribution is 2.28. The maximum absolute atomic E-state index is 4.58. The van der Waals surface area contributed by atoms with Crippen molar-refractivity contribution in [3.63, 3.8) is 0 Å². The van der Waals surface area contributed by atoms with E-state index in [-0.39, 0.29) is 0 Å². The van der Waals surface area contributed by atoms with Gasteiger partial charge in [-0.1, -0.05) is 48.5 Å². The first-order valence-corrected chi connectivity index (χ1v) is 11.0. The van der Waals surface area contributed by atoms with Gasteiger partial charge in [0.1, 0.15) is 5.82 Å². The zero-order valence-electron chi connectivity index (χ0n) is 17.6. The fourth-order valence-corrected chi connectivity index (χ4v) is 4.35. The first kappa shape index (κ1) is 18.8. The van der Waals surface area contributed by atoms with Crippen molar-refractivity contribution in [2.45, 2.75) is 18.9 Å². The van der Waals surface area contributed by atoms with Crippen molar-refractivity contribution < 1.29 is 0 Å². The molecule has 2 aromatic carbocycles. The quantitative estimate of drug-likeness (QED) is 0.301. The van der Waals surface area contributed by atoms with E-state index in [1.54, 1.807) is 0 Å². The predicted molar refractivity (Wildman–Crippen MR) is 127 cm³/mol. The number of H-pyrrole nitrogens is 3. The van der Waals surface area contributed by atoms with Crippen molar-refractivity contribution in [1.29, 1.82) is 0 Å². The molecule has 32 heavy (non-hydrogen) atoms. The molecule has 6 nitrogen and oxygen atoms in total. The lowest BCUT2D eigenvalue weighted by molar-refractivity contribution is 0.613. The van der Waals surface area contributed by atoms with Crippen LogP contribution in [0.4, 0.5) is 0 Å². The molecule has 0 spiro atoms. The van der Waals surface area contributed by atoms with Crippen LogP contribution in [0.2, 0.25) is 0 Å². The first-order chi connectivity index (χ1) is 15.8. The Morgan fingerprint density at radius 3 is 1.97 bits per heavy atom. The average molecular weight is 421 g/mol. The van der Waals surface area contributed by atoms with E-state index in [9.17, 15) is 0 Å². The van der Waals surface area contributed by atoms with E-state index < -0.39 is 0 Å². The summed E-state index contributed by atoms with van der Waals surface area (Å²) in [5.74, 6) is 1.88. The number of nitrogens with zero attached hydrogens (tertiary/aromatic N) is 2. The Morgan fingerprint density at radius 1 is 0.688 bits per heavy atom. The molecular formula is C26H24N6. The molecule has 1 aliphatic heterocycles. The van der Waals surface area contributed by atoms with Crippen LogP contribution in [0.3, 0.4) is 0 Å². The minimum atomic E-state index is 0.357. The van der Waals surface area contributed by atoms with Gasteiger partial charge in [-0.15, -0.1) is 0 Å². The van der Waals surface area contributed by atoms with Gasteiger partial charge in [0.2, 0.25) is 0 Å². The second-order valence-corrected chi connectivity index (χ2v) is 8.22. The number of nitrogens with one attached hydrogen (secondary N) is 4. The third-order valence-electron chi connectivity index (χ3n) is 6.14. The van der Waals surface area contributed by atoms with E-state index >= 15 is 0 Å². The lowest BCUT2D eigenvalue weighted by Crippen LogP contribution is -2.14. The van der Waals surface area contributed by atoms with Crippen LogP contribution in [0, 0.1) is 0 Å². The molecule has 0 aliphatic carbocycles. The molecule has 0 bridgehead atoms. The maximum atomic E-state index is 4.58. The normalized spacial score (nSPS) is 15.9. The molecule has 5 aromatic rings. The second-order valence-electron chi connectivity index (χ2n) is 8.22. The lowest BCUT2D eigenvalue weighted by Gasteiger charge is -2.06. The fourth-order valence-electron chi connectivity index (χ4n) is 4.35. The van der Waals surface area contributed by atoms with E-state index in [1.807, 2.05) is 30.7 Å². The van der Waals surface area contributed by atoms with Gasteiger partial charge in [0, 0.05) is 6.20 Å².